The molecule has 0 spiro atoms. The second-order valence-corrected chi connectivity index (χ2v) is 3.29. The van der Waals surface area contributed by atoms with Crippen LogP contribution in [0.25, 0.3) is 5.70 Å². The zero-order valence-electron chi connectivity index (χ0n) is 8.47. The van der Waals surface area contributed by atoms with Gasteiger partial charge in [0.15, 0.2) is 0 Å². The lowest BCUT2D eigenvalue weighted by atomic mass is 10.1. The fourth-order valence-electron chi connectivity index (χ4n) is 1.16. The first-order valence-corrected chi connectivity index (χ1v) is 5.12. The van der Waals surface area contributed by atoms with Crippen LogP contribution in [-0.2, 0) is 4.84 Å². The van der Waals surface area contributed by atoms with Gasteiger partial charge in [-0.15, -0.1) is 11.6 Å². The summed E-state index contributed by atoms with van der Waals surface area (Å²) in [6.07, 6.45) is 2.63. The average Bonchev–Trinajstić information content (AvgIpc) is 2.25. The minimum atomic E-state index is -0.257. The van der Waals surface area contributed by atoms with Gasteiger partial charge in [0.25, 0.3) is 0 Å². The lowest BCUT2D eigenvalue weighted by Gasteiger charge is -2.08. The molecule has 0 unspecified atom stereocenters. The third-order valence-corrected chi connectivity index (χ3v) is 2.04. The summed E-state index contributed by atoms with van der Waals surface area (Å²) in [6.45, 7) is 0. The van der Waals surface area contributed by atoms with Crippen molar-refractivity contribution in [2.24, 2.45) is 0 Å². The largest absolute Gasteiger partial charge is 0.279 e. The van der Waals surface area contributed by atoms with E-state index in [2.05, 4.69) is 5.48 Å². The summed E-state index contributed by atoms with van der Waals surface area (Å²) in [6, 6.07) is 6.17. The van der Waals surface area contributed by atoms with Crippen molar-refractivity contribution in [3.05, 3.63) is 41.7 Å². The van der Waals surface area contributed by atoms with Gasteiger partial charge in [0.05, 0.1) is 12.8 Å². The van der Waals surface area contributed by atoms with Crippen LogP contribution in [0.4, 0.5) is 4.39 Å². The summed E-state index contributed by atoms with van der Waals surface area (Å²) in [7, 11) is 1.53. The molecule has 0 atom stereocenters. The predicted molar refractivity (Wildman–Crippen MR) is 59.9 cm³/mol. The van der Waals surface area contributed by atoms with Gasteiger partial charge in [-0.25, -0.2) is 4.39 Å². The number of nitrogens with one attached hydrogen (secondary N) is 1. The predicted octanol–water partition coefficient (Wildman–Crippen LogP) is 2.95. The lowest BCUT2D eigenvalue weighted by molar-refractivity contribution is 0.136. The molecule has 15 heavy (non-hydrogen) atoms. The maximum atomic E-state index is 12.7. The van der Waals surface area contributed by atoms with Crippen LogP contribution in [0.2, 0.25) is 0 Å². The highest BCUT2D eigenvalue weighted by molar-refractivity contribution is 6.17. The van der Waals surface area contributed by atoms with Crippen LogP contribution >= 0.6 is 11.6 Å². The van der Waals surface area contributed by atoms with E-state index in [1.54, 1.807) is 12.1 Å². The second kappa shape index (κ2) is 6.43. The number of allylic oxidation sites excluding steroid dienone is 1. The third-order valence-electron chi connectivity index (χ3n) is 1.82. The molecule has 0 saturated carbocycles. The fourth-order valence-corrected chi connectivity index (χ4v) is 1.27. The Morgan fingerprint density at radius 2 is 2.13 bits per heavy atom. The molecule has 0 radical (unpaired) electrons. The van der Waals surface area contributed by atoms with E-state index < -0.39 is 0 Å². The zero-order chi connectivity index (χ0) is 11.1. The van der Waals surface area contributed by atoms with Crippen molar-refractivity contribution in [1.82, 2.24) is 5.48 Å². The minimum Gasteiger partial charge on any atom is -0.279 e. The maximum absolute atomic E-state index is 12.7. The Balaban J connectivity index is 2.83. The molecule has 0 aliphatic carbocycles. The highest BCUT2D eigenvalue weighted by Gasteiger charge is 2.00. The van der Waals surface area contributed by atoms with E-state index in [0.717, 1.165) is 17.7 Å². The van der Waals surface area contributed by atoms with Crippen molar-refractivity contribution in [3.63, 3.8) is 0 Å². The number of hydrogen-bond acceptors (Lipinski definition) is 2. The number of halogens is 2. The smallest absolute Gasteiger partial charge is 0.123 e. The molecule has 1 N–H and O–H groups in total. The van der Waals surface area contributed by atoms with E-state index >= 15 is 0 Å². The summed E-state index contributed by atoms with van der Waals surface area (Å²) in [5, 5.41) is 0. The molecule has 0 bridgehead atoms. The summed E-state index contributed by atoms with van der Waals surface area (Å²) in [5.74, 6) is 0.281. The van der Waals surface area contributed by atoms with Crippen molar-refractivity contribution >= 4 is 17.3 Å². The monoisotopic (exact) mass is 229 g/mol. The van der Waals surface area contributed by atoms with E-state index in [1.807, 2.05) is 6.08 Å². The van der Waals surface area contributed by atoms with Crippen molar-refractivity contribution in [2.75, 3.05) is 13.0 Å². The highest BCUT2D eigenvalue weighted by atomic mass is 35.5. The van der Waals surface area contributed by atoms with Gasteiger partial charge in [0.1, 0.15) is 5.82 Å². The standard InChI is InChI=1S/C11H13ClFNO/c1-15-14-11(3-2-8-12)9-4-6-10(13)7-5-9/h3-7,14H,2,8H2,1H3/b11-3-. The molecule has 0 fully saturated rings. The second-order valence-electron chi connectivity index (χ2n) is 2.91. The average molecular weight is 230 g/mol. The highest BCUT2D eigenvalue weighted by Crippen LogP contribution is 2.13. The number of rotatable bonds is 5. The van der Waals surface area contributed by atoms with Crippen LogP contribution in [0.5, 0.6) is 0 Å². The summed E-state index contributed by atoms with van der Waals surface area (Å²) in [4.78, 5) is 4.83. The Labute approximate surface area is 93.7 Å². The van der Waals surface area contributed by atoms with Gasteiger partial charge in [-0.3, -0.25) is 10.3 Å². The normalized spacial score (nSPS) is 11.5. The molecular formula is C11H13ClFNO. The quantitative estimate of drug-likeness (QED) is 0.619. The number of hydroxylamine groups is 1. The molecule has 0 amide bonds. The van der Waals surface area contributed by atoms with E-state index in [4.69, 9.17) is 16.4 Å². The molecule has 0 aliphatic rings. The van der Waals surface area contributed by atoms with Crippen molar-refractivity contribution in [3.8, 4) is 0 Å². The van der Waals surface area contributed by atoms with Crippen LogP contribution < -0.4 is 5.48 Å². The molecular weight excluding hydrogens is 217 g/mol. The third kappa shape index (κ3) is 3.90. The van der Waals surface area contributed by atoms with Crippen LogP contribution in [0.15, 0.2) is 30.3 Å². The number of alkyl halides is 1. The molecule has 1 rings (SSSR count). The summed E-state index contributed by atoms with van der Waals surface area (Å²) >= 11 is 5.59. The van der Waals surface area contributed by atoms with Crippen molar-refractivity contribution in [1.29, 1.82) is 0 Å². The lowest BCUT2D eigenvalue weighted by Crippen LogP contribution is -2.10. The number of hydrogen-bond donors (Lipinski definition) is 1. The van der Waals surface area contributed by atoms with Crippen LogP contribution in [0, 0.1) is 5.82 Å². The Kier molecular flexibility index (Phi) is 5.15. The molecule has 0 aromatic heterocycles. The fraction of sp³-hybridized carbons (Fsp3) is 0.273. The molecule has 2 nitrogen and oxygen atoms in total. The van der Waals surface area contributed by atoms with Crippen molar-refractivity contribution < 1.29 is 9.23 Å². The van der Waals surface area contributed by atoms with E-state index in [9.17, 15) is 4.39 Å². The molecule has 1 aromatic rings. The Hall–Kier alpha value is -1.06. The first-order chi connectivity index (χ1) is 7.27. The molecule has 4 heteroatoms. The van der Waals surface area contributed by atoms with E-state index in [-0.39, 0.29) is 5.82 Å². The maximum Gasteiger partial charge on any atom is 0.123 e. The van der Waals surface area contributed by atoms with Crippen LogP contribution in [-0.4, -0.2) is 13.0 Å². The summed E-state index contributed by atoms with van der Waals surface area (Å²) in [5.41, 5.74) is 4.39. The van der Waals surface area contributed by atoms with Crippen LogP contribution in [0.3, 0.4) is 0 Å². The van der Waals surface area contributed by atoms with Crippen LogP contribution in [0.1, 0.15) is 12.0 Å². The molecule has 0 saturated heterocycles. The van der Waals surface area contributed by atoms with Gasteiger partial charge in [-0.05, 0) is 36.2 Å². The topological polar surface area (TPSA) is 21.3 Å². The van der Waals surface area contributed by atoms with Gasteiger partial charge in [0.2, 0.25) is 0 Å². The Bertz CT molecular complexity index is 324. The molecule has 0 aliphatic heterocycles. The minimum absolute atomic E-state index is 0.257. The van der Waals surface area contributed by atoms with Gasteiger partial charge >= 0.3 is 0 Å². The molecule has 82 valence electrons. The number of benzene rings is 1. The Morgan fingerprint density at radius 1 is 1.47 bits per heavy atom. The Morgan fingerprint density at radius 3 is 2.67 bits per heavy atom. The molecule has 0 heterocycles. The van der Waals surface area contributed by atoms with Crippen molar-refractivity contribution in [2.45, 2.75) is 6.42 Å². The van der Waals surface area contributed by atoms with E-state index in [0.29, 0.717) is 5.88 Å². The van der Waals surface area contributed by atoms with Gasteiger partial charge in [-0.2, -0.15) is 0 Å². The summed E-state index contributed by atoms with van der Waals surface area (Å²) < 4.78 is 12.7. The molecule has 1 aromatic carbocycles. The first-order valence-electron chi connectivity index (χ1n) is 4.59. The van der Waals surface area contributed by atoms with Gasteiger partial charge < -0.3 is 0 Å². The zero-order valence-corrected chi connectivity index (χ0v) is 9.22. The first kappa shape index (κ1) is 12.0. The van der Waals surface area contributed by atoms with Gasteiger partial charge in [-0.1, -0.05) is 6.08 Å². The van der Waals surface area contributed by atoms with Gasteiger partial charge in [0, 0.05) is 5.88 Å². The van der Waals surface area contributed by atoms with E-state index in [1.165, 1.54) is 19.2 Å². The SMILES string of the molecule is CON/C(=C\CCCl)c1ccc(F)cc1.